The monoisotopic (exact) mass is 235 g/mol. The van der Waals surface area contributed by atoms with E-state index in [4.69, 9.17) is 9.47 Å². The second kappa shape index (κ2) is 3.52. The predicted molar refractivity (Wildman–Crippen MR) is 63.5 cm³/mol. The summed E-state index contributed by atoms with van der Waals surface area (Å²) >= 11 is 1.68. The molecule has 1 atom stereocenters. The van der Waals surface area contributed by atoms with Gasteiger partial charge in [0.2, 0.25) is 0 Å². The summed E-state index contributed by atoms with van der Waals surface area (Å²) < 4.78 is 12.5. The Hall–Kier alpha value is -0.970. The zero-order chi connectivity index (χ0) is 11.2. The SMILES string of the molecule is CC1(C)OC[C@H](c2nc3ccccc3s2)O1. The zero-order valence-electron chi connectivity index (χ0n) is 9.27. The van der Waals surface area contributed by atoms with Crippen molar-refractivity contribution in [1.82, 2.24) is 4.98 Å². The Bertz CT molecular complexity index is 487. The number of benzene rings is 1. The smallest absolute Gasteiger partial charge is 0.163 e. The van der Waals surface area contributed by atoms with Crippen LogP contribution in [0.3, 0.4) is 0 Å². The van der Waals surface area contributed by atoms with E-state index in [9.17, 15) is 0 Å². The molecular formula is C12H13NO2S. The van der Waals surface area contributed by atoms with Gasteiger partial charge in [-0.1, -0.05) is 12.1 Å². The molecule has 3 rings (SSSR count). The lowest BCUT2D eigenvalue weighted by molar-refractivity contribution is -0.139. The van der Waals surface area contributed by atoms with Crippen LogP contribution in [0.25, 0.3) is 10.2 Å². The predicted octanol–water partition coefficient (Wildman–Crippen LogP) is 3.12. The first-order chi connectivity index (χ1) is 7.64. The molecule has 1 aromatic carbocycles. The van der Waals surface area contributed by atoms with E-state index < -0.39 is 5.79 Å². The van der Waals surface area contributed by atoms with Crippen LogP contribution in [0.15, 0.2) is 24.3 Å². The fraction of sp³-hybridized carbons (Fsp3) is 0.417. The first kappa shape index (κ1) is 10.2. The summed E-state index contributed by atoms with van der Waals surface area (Å²) in [7, 11) is 0. The van der Waals surface area contributed by atoms with Crippen molar-refractivity contribution in [3.8, 4) is 0 Å². The van der Waals surface area contributed by atoms with Gasteiger partial charge in [0, 0.05) is 0 Å². The molecule has 0 spiro atoms. The van der Waals surface area contributed by atoms with Gasteiger partial charge in [-0.15, -0.1) is 11.3 Å². The molecule has 16 heavy (non-hydrogen) atoms. The van der Waals surface area contributed by atoms with Crippen LogP contribution in [-0.2, 0) is 9.47 Å². The van der Waals surface area contributed by atoms with E-state index in [-0.39, 0.29) is 6.10 Å². The molecule has 0 bridgehead atoms. The van der Waals surface area contributed by atoms with Gasteiger partial charge in [0.25, 0.3) is 0 Å². The molecule has 1 aliphatic rings. The second-order valence-corrected chi connectivity index (χ2v) is 5.40. The number of thiazole rings is 1. The summed E-state index contributed by atoms with van der Waals surface area (Å²) in [6, 6.07) is 8.13. The lowest BCUT2D eigenvalue weighted by atomic mass is 10.3. The van der Waals surface area contributed by atoms with E-state index in [1.807, 2.05) is 32.0 Å². The molecule has 0 saturated carbocycles. The Labute approximate surface area is 98.0 Å². The van der Waals surface area contributed by atoms with Crippen LogP contribution >= 0.6 is 11.3 Å². The van der Waals surface area contributed by atoms with Gasteiger partial charge in [0.05, 0.1) is 16.8 Å². The van der Waals surface area contributed by atoms with E-state index >= 15 is 0 Å². The van der Waals surface area contributed by atoms with Crippen LogP contribution in [0.4, 0.5) is 0 Å². The van der Waals surface area contributed by atoms with Crippen molar-refractivity contribution in [3.63, 3.8) is 0 Å². The molecule has 1 saturated heterocycles. The molecule has 0 unspecified atom stereocenters. The molecule has 2 heterocycles. The highest BCUT2D eigenvalue weighted by Gasteiger charge is 2.35. The molecule has 1 aliphatic heterocycles. The Morgan fingerprint density at radius 3 is 2.88 bits per heavy atom. The normalized spacial score (nSPS) is 24.0. The molecule has 0 N–H and O–H groups in total. The van der Waals surface area contributed by atoms with E-state index in [0.29, 0.717) is 6.61 Å². The first-order valence-electron chi connectivity index (χ1n) is 5.31. The summed E-state index contributed by atoms with van der Waals surface area (Å²) in [5, 5.41) is 1.01. The topological polar surface area (TPSA) is 31.4 Å². The fourth-order valence-corrected chi connectivity index (χ4v) is 2.82. The molecule has 1 fully saturated rings. The number of para-hydroxylation sites is 1. The van der Waals surface area contributed by atoms with Crippen LogP contribution in [-0.4, -0.2) is 17.4 Å². The number of rotatable bonds is 1. The summed E-state index contributed by atoms with van der Waals surface area (Å²) in [6.45, 7) is 4.45. The Morgan fingerprint density at radius 2 is 2.19 bits per heavy atom. The highest BCUT2D eigenvalue weighted by molar-refractivity contribution is 7.18. The summed E-state index contributed by atoms with van der Waals surface area (Å²) in [5.74, 6) is -0.484. The molecule has 4 heteroatoms. The number of hydrogen-bond donors (Lipinski definition) is 0. The third kappa shape index (κ3) is 1.73. The average Bonchev–Trinajstić information content (AvgIpc) is 2.80. The molecule has 0 radical (unpaired) electrons. The van der Waals surface area contributed by atoms with Gasteiger partial charge in [-0.25, -0.2) is 4.98 Å². The molecule has 1 aromatic heterocycles. The Morgan fingerprint density at radius 1 is 1.38 bits per heavy atom. The van der Waals surface area contributed by atoms with E-state index in [1.54, 1.807) is 11.3 Å². The molecule has 2 aromatic rings. The van der Waals surface area contributed by atoms with Gasteiger partial charge in [-0.2, -0.15) is 0 Å². The summed E-state index contributed by atoms with van der Waals surface area (Å²) in [5.41, 5.74) is 1.04. The summed E-state index contributed by atoms with van der Waals surface area (Å²) in [6.07, 6.45) is -0.0209. The van der Waals surface area contributed by atoms with Crippen molar-refractivity contribution in [2.75, 3.05) is 6.61 Å². The molecule has 0 amide bonds. The van der Waals surface area contributed by atoms with Crippen molar-refractivity contribution in [2.24, 2.45) is 0 Å². The Balaban J connectivity index is 1.95. The zero-order valence-corrected chi connectivity index (χ0v) is 10.1. The number of fused-ring (bicyclic) bond motifs is 1. The van der Waals surface area contributed by atoms with Crippen molar-refractivity contribution >= 4 is 21.6 Å². The second-order valence-electron chi connectivity index (χ2n) is 4.34. The van der Waals surface area contributed by atoms with Gasteiger partial charge in [0.1, 0.15) is 11.1 Å². The van der Waals surface area contributed by atoms with Gasteiger partial charge >= 0.3 is 0 Å². The highest BCUT2D eigenvalue weighted by atomic mass is 32.1. The molecule has 84 valence electrons. The van der Waals surface area contributed by atoms with Crippen LogP contribution < -0.4 is 0 Å². The number of ether oxygens (including phenoxy) is 2. The average molecular weight is 235 g/mol. The van der Waals surface area contributed by atoms with Crippen LogP contribution in [0.2, 0.25) is 0 Å². The van der Waals surface area contributed by atoms with Crippen molar-refractivity contribution in [2.45, 2.75) is 25.7 Å². The van der Waals surface area contributed by atoms with E-state index in [2.05, 4.69) is 11.1 Å². The van der Waals surface area contributed by atoms with Gasteiger partial charge in [-0.3, -0.25) is 0 Å². The first-order valence-corrected chi connectivity index (χ1v) is 6.13. The minimum atomic E-state index is -0.484. The maximum absolute atomic E-state index is 5.79. The number of hydrogen-bond acceptors (Lipinski definition) is 4. The largest absolute Gasteiger partial charge is 0.347 e. The van der Waals surface area contributed by atoms with Crippen molar-refractivity contribution < 1.29 is 9.47 Å². The number of nitrogens with zero attached hydrogens (tertiary/aromatic N) is 1. The molecule has 3 nitrogen and oxygen atoms in total. The third-order valence-corrected chi connectivity index (χ3v) is 3.72. The lowest BCUT2D eigenvalue weighted by Gasteiger charge is -2.15. The Kier molecular flexibility index (Phi) is 2.24. The van der Waals surface area contributed by atoms with Gasteiger partial charge in [-0.05, 0) is 26.0 Å². The fourth-order valence-electron chi connectivity index (χ4n) is 1.84. The minimum Gasteiger partial charge on any atom is -0.347 e. The quantitative estimate of drug-likeness (QED) is 0.761. The van der Waals surface area contributed by atoms with Crippen molar-refractivity contribution in [3.05, 3.63) is 29.3 Å². The maximum Gasteiger partial charge on any atom is 0.163 e. The van der Waals surface area contributed by atoms with Gasteiger partial charge < -0.3 is 9.47 Å². The lowest BCUT2D eigenvalue weighted by Crippen LogP contribution is -2.19. The van der Waals surface area contributed by atoms with Crippen LogP contribution in [0.1, 0.15) is 25.0 Å². The molecular weight excluding hydrogens is 222 g/mol. The van der Waals surface area contributed by atoms with Gasteiger partial charge in [0.15, 0.2) is 5.79 Å². The van der Waals surface area contributed by atoms with Crippen LogP contribution in [0, 0.1) is 0 Å². The van der Waals surface area contributed by atoms with E-state index in [1.165, 1.54) is 4.70 Å². The standard InChI is InChI=1S/C12H13NO2S/c1-12(2)14-7-9(15-12)11-13-8-5-3-4-6-10(8)16-11/h3-6,9H,7H2,1-2H3/t9-/m1/s1. The summed E-state index contributed by atoms with van der Waals surface area (Å²) in [4.78, 5) is 4.57. The molecule has 0 aliphatic carbocycles. The minimum absolute atomic E-state index is 0.0209. The maximum atomic E-state index is 5.79. The number of aromatic nitrogens is 1. The highest BCUT2D eigenvalue weighted by Crippen LogP contribution is 2.36. The van der Waals surface area contributed by atoms with E-state index in [0.717, 1.165) is 10.5 Å². The van der Waals surface area contributed by atoms with Crippen LogP contribution in [0.5, 0.6) is 0 Å². The van der Waals surface area contributed by atoms with Crippen molar-refractivity contribution in [1.29, 1.82) is 0 Å². The third-order valence-electron chi connectivity index (χ3n) is 2.59.